The van der Waals surface area contributed by atoms with Crippen LogP contribution < -0.4 is 5.46 Å². The van der Waals surface area contributed by atoms with Gasteiger partial charge in [0, 0.05) is 11.8 Å². The Morgan fingerprint density at radius 2 is 1.14 bits per heavy atom. The van der Waals surface area contributed by atoms with Crippen molar-refractivity contribution in [3.8, 4) is 0 Å². The molecule has 0 atom stereocenters. The summed E-state index contributed by atoms with van der Waals surface area (Å²) in [5.74, 6) is 0. The molecule has 0 N–H and O–H groups in total. The predicted molar refractivity (Wildman–Crippen MR) is 121 cm³/mol. The molecule has 0 aliphatic rings. The van der Waals surface area contributed by atoms with E-state index in [1.807, 2.05) is 79.0 Å². The van der Waals surface area contributed by atoms with Gasteiger partial charge in [-0.25, -0.2) is 0 Å². The lowest BCUT2D eigenvalue weighted by Crippen LogP contribution is -2.27. The van der Waals surface area contributed by atoms with E-state index >= 15 is 0 Å². The number of aromatic nitrogens is 1. The number of pyridine rings is 1. The smallest absolute Gasteiger partial charge is 0.256 e. The molecule has 0 aliphatic heterocycles. The van der Waals surface area contributed by atoms with Crippen molar-refractivity contribution in [3.05, 3.63) is 132 Å². The van der Waals surface area contributed by atoms with Crippen LogP contribution in [0.4, 0.5) is 0 Å². The van der Waals surface area contributed by atoms with Crippen LogP contribution in [0.5, 0.6) is 0 Å². The van der Waals surface area contributed by atoms with Gasteiger partial charge in [-0.1, -0.05) is 103 Å². The molecule has 0 bridgehead atoms. The fraction of sp³-hybridized carbons (Fsp3) is 0. The summed E-state index contributed by atoms with van der Waals surface area (Å²) in [7, 11) is 0. The summed E-state index contributed by atoms with van der Waals surface area (Å²) >= 11 is 7.12. The number of hydrogen-bond acceptors (Lipinski definition) is 1. The third kappa shape index (κ3) is 3.93. The van der Waals surface area contributed by atoms with Gasteiger partial charge in [0.05, 0.1) is 5.69 Å². The molecule has 3 aromatic carbocycles. The highest BCUT2D eigenvalue weighted by molar-refractivity contribution is 7.24. The Morgan fingerprint density at radius 3 is 1.71 bits per heavy atom. The Balaban J connectivity index is 2.03. The fourth-order valence-electron chi connectivity index (χ4n) is 3.38. The summed E-state index contributed by atoms with van der Waals surface area (Å²) in [6.07, 6.45) is 1.52. The summed E-state index contributed by atoms with van der Waals surface area (Å²) < 4.78 is 0. The fourth-order valence-corrected chi connectivity index (χ4v) is 3.76. The molecule has 0 saturated heterocycles. The zero-order chi connectivity index (χ0) is 19.2. The molecule has 0 unspecified atom stereocenters. The first-order chi connectivity index (χ1) is 13.8. The van der Waals surface area contributed by atoms with Gasteiger partial charge in [-0.2, -0.15) is 11.5 Å². The van der Waals surface area contributed by atoms with E-state index in [2.05, 4.69) is 41.4 Å². The molecule has 0 spiro atoms. The first kappa shape index (κ1) is 18.3. The van der Waals surface area contributed by atoms with Crippen LogP contribution in [0.2, 0.25) is 0 Å². The van der Waals surface area contributed by atoms with Crippen molar-refractivity contribution in [1.82, 2.24) is 4.98 Å². The first-order valence-corrected chi connectivity index (χ1v) is 9.73. The molecule has 1 aromatic heterocycles. The quantitative estimate of drug-likeness (QED) is 0.319. The zero-order valence-electron chi connectivity index (χ0n) is 15.4. The third-order valence-electron chi connectivity index (χ3n) is 4.68. The van der Waals surface area contributed by atoms with Gasteiger partial charge in [0.1, 0.15) is 0 Å². The molecule has 3 heteroatoms. The Morgan fingerprint density at radius 1 is 0.607 bits per heavy atom. The SMILES string of the molecule is ClB(/C(=C(/c1ccccc1)c1ccccn1)c1ccccc1)c1ccccc1. The lowest BCUT2D eigenvalue weighted by Gasteiger charge is -2.19. The number of nitrogens with zero attached hydrogens (tertiary/aromatic N) is 1. The topological polar surface area (TPSA) is 12.9 Å². The molecular formula is C25H19BClN. The molecule has 0 aliphatic carbocycles. The van der Waals surface area contributed by atoms with Crippen molar-refractivity contribution in [3.63, 3.8) is 0 Å². The maximum absolute atomic E-state index is 7.12. The molecule has 1 nitrogen and oxygen atoms in total. The summed E-state index contributed by atoms with van der Waals surface area (Å²) in [5, 5.41) is 0. The monoisotopic (exact) mass is 379 g/mol. The molecule has 28 heavy (non-hydrogen) atoms. The second-order valence-corrected chi connectivity index (χ2v) is 6.95. The predicted octanol–water partition coefficient (Wildman–Crippen LogP) is 5.72. The van der Waals surface area contributed by atoms with Crippen molar-refractivity contribution in [1.29, 1.82) is 0 Å². The Bertz CT molecular complexity index is 1010. The minimum Gasteiger partial charge on any atom is -0.256 e. The van der Waals surface area contributed by atoms with E-state index in [9.17, 15) is 0 Å². The third-order valence-corrected chi connectivity index (χ3v) is 5.15. The van der Waals surface area contributed by atoms with Crippen LogP contribution in [-0.4, -0.2) is 11.1 Å². The standard InChI is InChI=1S/C25H19BClN/c27-26(22-16-8-3-9-17-22)25(21-14-6-2-7-15-21)24(20-12-4-1-5-13-20)23-18-10-11-19-28-23/h1-19H/b25-24-. The number of halogens is 1. The van der Waals surface area contributed by atoms with Gasteiger partial charge < -0.3 is 0 Å². The van der Waals surface area contributed by atoms with Crippen molar-refractivity contribution in [2.75, 3.05) is 0 Å². The van der Waals surface area contributed by atoms with E-state index in [4.69, 9.17) is 11.5 Å². The van der Waals surface area contributed by atoms with Crippen molar-refractivity contribution < 1.29 is 0 Å². The van der Waals surface area contributed by atoms with Gasteiger partial charge in [-0.15, -0.1) is 0 Å². The first-order valence-electron chi connectivity index (χ1n) is 9.30. The maximum Gasteiger partial charge on any atom is 0.316 e. The Kier molecular flexibility index (Phi) is 5.70. The van der Waals surface area contributed by atoms with Gasteiger partial charge >= 0.3 is 6.13 Å². The van der Waals surface area contributed by atoms with Crippen LogP contribution in [-0.2, 0) is 0 Å². The lowest BCUT2D eigenvalue weighted by molar-refractivity contribution is 1.27. The molecule has 1 heterocycles. The second-order valence-electron chi connectivity index (χ2n) is 6.51. The minimum atomic E-state index is -0.305. The second kappa shape index (κ2) is 8.73. The number of benzene rings is 3. The van der Waals surface area contributed by atoms with Crippen LogP contribution in [0, 0.1) is 0 Å². The van der Waals surface area contributed by atoms with Crippen LogP contribution in [0.1, 0.15) is 16.8 Å². The molecule has 0 saturated carbocycles. The highest BCUT2D eigenvalue weighted by Gasteiger charge is 2.26. The molecule has 0 fully saturated rings. The van der Waals surface area contributed by atoms with Crippen LogP contribution in [0.3, 0.4) is 0 Å². The zero-order valence-corrected chi connectivity index (χ0v) is 16.1. The van der Waals surface area contributed by atoms with E-state index in [-0.39, 0.29) is 6.13 Å². The molecular weight excluding hydrogens is 361 g/mol. The normalized spacial score (nSPS) is 11.6. The number of hydrogen-bond donors (Lipinski definition) is 0. The summed E-state index contributed by atoms with van der Waals surface area (Å²) in [4.78, 5) is 4.66. The van der Waals surface area contributed by atoms with Gasteiger partial charge in [0.15, 0.2) is 0 Å². The van der Waals surface area contributed by atoms with E-state index in [0.717, 1.165) is 33.3 Å². The summed E-state index contributed by atoms with van der Waals surface area (Å²) in [6, 6.07) is 36.9. The van der Waals surface area contributed by atoms with Gasteiger partial charge in [0.25, 0.3) is 0 Å². The minimum absolute atomic E-state index is 0.305. The van der Waals surface area contributed by atoms with E-state index < -0.39 is 0 Å². The van der Waals surface area contributed by atoms with Gasteiger partial charge in [-0.3, -0.25) is 4.98 Å². The summed E-state index contributed by atoms with van der Waals surface area (Å²) in [6.45, 7) is 0. The molecule has 0 amide bonds. The molecule has 134 valence electrons. The van der Waals surface area contributed by atoms with E-state index in [1.54, 1.807) is 0 Å². The average molecular weight is 380 g/mol. The van der Waals surface area contributed by atoms with Gasteiger partial charge in [-0.05, 0) is 28.7 Å². The average Bonchev–Trinajstić information content (AvgIpc) is 2.79. The Hall–Kier alpha value is -3.10. The Labute approximate surface area is 171 Å². The van der Waals surface area contributed by atoms with Crippen LogP contribution in [0.15, 0.2) is 115 Å². The lowest BCUT2D eigenvalue weighted by atomic mass is 9.57. The largest absolute Gasteiger partial charge is 0.316 e. The summed E-state index contributed by atoms with van der Waals surface area (Å²) in [5.41, 5.74) is 6.27. The van der Waals surface area contributed by atoms with E-state index in [1.165, 1.54) is 0 Å². The van der Waals surface area contributed by atoms with Crippen LogP contribution in [0.25, 0.3) is 11.0 Å². The van der Waals surface area contributed by atoms with Crippen molar-refractivity contribution >= 4 is 34.1 Å². The molecule has 4 rings (SSSR count). The highest BCUT2D eigenvalue weighted by atomic mass is 35.5. The van der Waals surface area contributed by atoms with Gasteiger partial charge in [0.2, 0.25) is 0 Å². The van der Waals surface area contributed by atoms with Crippen LogP contribution >= 0.6 is 11.5 Å². The van der Waals surface area contributed by atoms with Crippen molar-refractivity contribution in [2.24, 2.45) is 0 Å². The van der Waals surface area contributed by atoms with E-state index in [0.29, 0.717) is 0 Å². The number of rotatable bonds is 5. The molecule has 0 radical (unpaired) electrons. The van der Waals surface area contributed by atoms with Crippen molar-refractivity contribution in [2.45, 2.75) is 0 Å². The molecule has 4 aromatic rings. The highest BCUT2D eigenvalue weighted by Crippen LogP contribution is 2.34. The maximum atomic E-state index is 7.12.